The summed E-state index contributed by atoms with van der Waals surface area (Å²) in [4.78, 5) is 41.4. The number of fused-ring (bicyclic) bond motifs is 4. The number of carbonyl (C=O) groups is 2. The minimum atomic E-state index is -0.385. The second-order valence-corrected chi connectivity index (χ2v) is 11.3. The Morgan fingerprint density at radius 2 is 1.64 bits per heavy atom. The van der Waals surface area contributed by atoms with Crippen LogP contribution in [-0.2, 0) is 6.54 Å². The molecular formula is C32H38N4O6. The van der Waals surface area contributed by atoms with E-state index in [-0.39, 0.29) is 29.2 Å². The van der Waals surface area contributed by atoms with Crippen molar-refractivity contribution in [1.29, 1.82) is 0 Å². The number of carbonyl (C=O) groups excluding carboxylic acids is 2. The van der Waals surface area contributed by atoms with Gasteiger partial charge in [0.15, 0.2) is 11.5 Å². The monoisotopic (exact) mass is 574 g/mol. The Hall–Kier alpha value is -4.47. The van der Waals surface area contributed by atoms with Crippen molar-refractivity contribution in [2.24, 2.45) is 11.8 Å². The number of amides is 2. The predicted molar refractivity (Wildman–Crippen MR) is 161 cm³/mol. The summed E-state index contributed by atoms with van der Waals surface area (Å²) in [6, 6.07) is 14.1. The van der Waals surface area contributed by atoms with Gasteiger partial charge in [-0.2, -0.15) is 0 Å². The van der Waals surface area contributed by atoms with E-state index in [0.717, 1.165) is 24.3 Å². The van der Waals surface area contributed by atoms with Crippen molar-refractivity contribution < 1.29 is 23.8 Å². The highest BCUT2D eigenvalue weighted by Crippen LogP contribution is 2.41. The fraction of sp³-hybridized carbons (Fsp3) is 0.406. The lowest BCUT2D eigenvalue weighted by Crippen LogP contribution is -2.47. The van der Waals surface area contributed by atoms with E-state index in [0.29, 0.717) is 59.6 Å². The Morgan fingerprint density at radius 3 is 2.31 bits per heavy atom. The van der Waals surface area contributed by atoms with E-state index in [1.165, 1.54) is 21.3 Å². The van der Waals surface area contributed by atoms with Gasteiger partial charge in [-0.1, -0.05) is 19.9 Å². The average molecular weight is 575 g/mol. The van der Waals surface area contributed by atoms with Crippen LogP contribution in [0.5, 0.6) is 17.2 Å². The molecule has 1 saturated heterocycles. The van der Waals surface area contributed by atoms with Crippen LogP contribution in [0, 0.1) is 11.8 Å². The quantitative estimate of drug-likeness (QED) is 0.395. The van der Waals surface area contributed by atoms with Crippen LogP contribution in [0.3, 0.4) is 0 Å². The van der Waals surface area contributed by atoms with Gasteiger partial charge >= 0.3 is 0 Å². The second kappa shape index (κ2) is 12.2. The smallest absolute Gasteiger partial charge is 0.255 e. The average Bonchev–Trinajstić information content (AvgIpc) is 2.99. The van der Waals surface area contributed by atoms with Gasteiger partial charge in [-0.15, -0.1) is 0 Å². The Morgan fingerprint density at radius 1 is 0.905 bits per heavy atom. The number of hydrogen-bond donors (Lipinski definition) is 2. The third-order valence-corrected chi connectivity index (χ3v) is 7.93. The first-order valence-electron chi connectivity index (χ1n) is 14.2. The first kappa shape index (κ1) is 29.0. The van der Waals surface area contributed by atoms with Gasteiger partial charge in [0.05, 0.1) is 32.7 Å². The first-order chi connectivity index (χ1) is 20.2. The summed E-state index contributed by atoms with van der Waals surface area (Å²) in [5, 5.41) is 6.01. The zero-order valence-electron chi connectivity index (χ0n) is 24.7. The molecule has 0 saturated carbocycles. The second-order valence-electron chi connectivity index (χ2n) is 11.3. The van der Waals surface area contributed by atoms with Crippen molar-refractivity contribution >= 4 is 23.2 Å². The molecule has 3 aromatic rings. The number of rotatable bonds is 9. The van der Waals surface area contributed by atoms with Crippen molar-refractivity contribution in [2.45, 2.75) is 32.7 Å². The number of benzene rings is 2. The predicted octanol–water partition coefficient (Wildman–Crippen LogP) is 4.14. The number of pyridine rings is 1. The lowest BCUT2D eigenvalue weighted by atomic mass is 9.83. The molecule has 2 unspecified atom stereocenters. The van der Waals surface area contributed by atoms with Crippen LogP contribution < -0.4 is 35.3 Å². The lowest BCUT2D eigenvalue weighted by Gasteiger charge is -2.44. The van der Waals surface area contributed by atoms with Crippen molar-refractivity contribution in [1.82, 2.24) is 9.88 Å². The van der Waals surface area contributed by atoms with E-state index in [4.69, 9.17) is 14.2 Å². The van der Waals surface area contributed by atoms with Gasteiger partial charge in [-0.25, -0.2) is 0 Å². The van der Waals surface area contributed by atoms with E-state index in [1.807, 2.05) is 36.6 Å². The van der Waals surface area contributed by atoms with E-state index in [9.17, 15) is 14.4 Å². The molecule has 2 atom stereocenters. The maximum absolute atomic E-state index is 13.7. The van der Waals surface area contributed by atoms with Gasteiger partial charge in [-0.3, -0.25) is 14.4 Å². The van der Waals surface area contributed by atoms with Gasteiger partial charge in [0, 0.05) is 55.0 Å². The highest BCUT2D eigenvalue weighted by atomic mass is 16.5. The SMILES string of the molecule is COc1cc(C(=O)Nc2cc(C(=O)NCC(C)C)ccc2N2CC3CC(C2)c2cccc(=O)n2C3)cc(OC)c1OC. The molecule has 2 aromatic carbocycles. The number of methoxy groups -OCH3 is 3. The molecule has 0 radical (unpaired) electrons. The van der Waals surface area contributed by atoms with E-state index >= 15 is 0 Å². The molecule has 2 amide bonds. The number of nitrogens with zero attached hydrogens (tertiary/aromatic N) is 2. The normalized spacial score (nSPS) is 17.3. The Balaban J connectivity index is 1.50. The van der Waals surface area contributed by atoms with E-state index in [2.05, 4.69) is 15.5 Å². The Kier molecular flexibility index (Phi) is 8.42. The largest absolute Gasteiger partial charge is 0.493 e. The minimum absolute atomic E-state index is 0.0331. The summed E-state index contributed by atoms with van der Waals surface area (Å²) >= 11 is 0. The van der Waals surface area contributed by atoms with Crippen LogP contribution in [0.25, 0.3) is 0 Å². The summed E-state index contributed by atoms with van der Waals surface area (Å²) in [7, 11) is 4.50. The van der Waals surface area contributed by atoms with Crippen LogP contribution >= 0.6 is 0 Å². The summed E-state index contributed by atoms with van der Waals surface area (Å²) in [5.41, 5.74) is 3.18. The van der Waals surface area contributed by atoms with E-state index < -0.39 is 0 Å². The topological polar surface area (TPSA) is 111 Å². The molecule has 2 aliphatic heterocycles. The lowest BCUT2D eigenvalue weighted by molar-refractivity contribution is 0.0947. The Bertz CT molecular complexity index is 1520. The molecule has 2 bridgehead atoms. The maximum Gasteiger partial charge on any atom is 0.255 e. The zero-order valence-corrected chi connectivity index (χ0v) is 24.7. The molecule has 2 N–H and O–H groups in total. The third kappa shape index (κ3) is 5.79. The van der Waals surface area contributed by atoms with Crippen molar-refractivity contribution in [3.05, 3.63) is 75.7 Å². The van der Waals surface area contributed by atoms with Crippen LogP contribution in [-0.4, -0.2) is 57.3 Å². The summed E-state index contributed by atoms with van der Waals surface area (Å²) in [6.07, 6.45) is 1.00. The fourth-order valence-electron chi connectivity index (χ4n) is 5.95. The summed E-state index contributed by atoms with van der Waals surface area (Å²) < 4.78 is 18.2. The number of piperidine rings is 1. The maximum atomic E-state index is 13.7. The highest BCUT2D eigenvalue weighted by molar-refractivity contribution is 6.08. The minimum Gasteiger partial charge on any atom is -0.493 e. The van der Waals surface area contributed by atoms with Gasteiger partial charge in [0.25, 0.3) is 17.4 Å². The molecule has 10 heteroatoms. The molecule has 10 nitrogen and oxygen atoms in total. The third-order valence-electron chi connectivity index (χ3n) is 7.93. The standard InChI is InChI=1S/C32H38N4O6/c1-19(2)15-33-31(38)21-9-10-26(35-16-20-11-23(18-35)25-7-6-8-29(37)36(25)17-20)24(12-21)34-32(39)22-13-27(40-3)30(42-5)28(14-22)41-4/h6-10,12-14,19-20,23H,11,15-18H2,1-5H3,(H,33,38)(H,34,39). The van der Waals surface area contributed by atoms with Gasteiger partial charge in [-0.05, 0) is 54.7 Å². The summed E-state index contributed by atoms with van der Waals surface area (Å²) in [6.45, 7) is 6.68. The van der Waals surface area contributed by atoms with Crippen LogP contribution in [0.15, 0.2) is 53.3 Å². The molecule has 222 valence electrons. The van der Waals surface area contributed by atoms with Gasteiger partial charge < -0.3 is 34.3 Å². The highest BCUT2D eigenvalue weighted by Gasteiger charge is 2.35. The van der Waals surface area contributed by atoms with Crippen LogP contribution in [0.4, 0.5) is 11.4 Å². The molecule has 2 aliphatic rings. The fourth-order valence-corrected chi connectivity index (χ4v) is 5.95. The van der Waals surface area contributed by atoms with Crippen molar-refractivity contribution in [3.8, 4) is 17.2 Å². The number of hydrogen-bond acceptors (Lipinski definition) is 7. The number of ether oxygens (including phenoxy) is 3. The number of aromatic nitrogens is 1. The summed E-state index contributed by atoms with van der Waals surface area (Å²) in [5.74, 6) is 1.29. The van der Waals surface area contributed by atoms with Gasteiger partial charge in [0.1, 0.15) is 0 Å². The molecule has 3 heterocycles. The first-order valence-corrected chi connectivity index (χ1v) is 14.2. The molecule has 42 heavy (non-hydrogen) atoms. The number of anilines is 2. The molecule has 5 rings (SSSR count). The van der Waals surface area contributed by atoms with Crippen LogP contribution in [0.1, 0.15) is 52.6 Å². The van der Waals surface area contributed by atoms with E-state index in [1.54, 1.807) is 30.3 Å². The van der Waals surface area contributed by atoms with Crippen LogP contribution in [0.2, 0.25) is 0 Å². The molecule has 1 aromatic heterocycles. The van der Waals surface area contributed by atoms with Gasteiger partial charge in [0.2, 0.25) is 5.75 Å². The molecule has 0 aliphatic carbocycles. The van der Waals surface area contributed by atoms with Crippen molar-refractivity contribution in [3.63, 3.8) is 0 Å². The number of nitrogens with one attached hydrogen (secondary N) is 2. The molecule has 1 fully saturated rings. The van der Waals surface area contributed by atoms with Crippen molar-refractivity contribution in [2.75, 3.05) is 51.2 Å². The zero-order chi connectivity index (χ0) is 30.0. The molecular weight excluding hydrogens is 536 g/mol. The Labute approximate surface area is 245 Å². The molecule has 0 spiro atoms.